The summed E-state index contributed by atoms with van der Waals surface area (Å²) in [5, 5.41) is 5.17. The zero-order valence-corrected chi connectivity index (χ0v) is 24.6. The number of nitrogens with one attached hydrogen (secondary N) is 4. The minimum Gasteiger partial charge on any atom is -0.483 e. The van der Waals surface area contributed by atoms with Gasteiger partial charge >= 0.3 is 0 Å². The number of hydrogen-bond acceptors (Lipinski definition) is 5. The van der Waals surface area contributed by atoms with Crippen LogP contribution in [0.2, 0.25) is 0 Å². The lowest BCUT2D eigenvalue weighted by atomic mass is 9.87. The highest BCUT2D eigenvalue weighted by atomic mass is 79.9. The third-order valence-electron chi connectivity index (χ3n) is 5.72. The Morgan fingerprint density at radius 1 is 0.872 bits per heavy atom. The Labute approximate surface area is 242 Å². The number of benzene rings is 3. The number of aryl methyl sites for hydroxylation is 1. The van der Waals surface area contributed by atoms with E-state index >= 15 is 0 Å². The second-order valence-corrected chi connectivity index (χ2v) is 11.0. The first-order valence-electron chi connectivity index (χ1n) is 12.3. The van der Waals surface area contributed by atoms with Crippen molar-refractivity contribution < 1.29 is 19.1 Å². The summed E-state index contributed by atoms with van der Waals surface area (Å²) in [6.45, 7) is 8.13. The van der Waals surface area contributed by atoms with Crippen LogP contribution in [0.15, 0.2) is 71.2 Å². The maximum atomic E-state index is 12.6. The fourth-order valence-electron chi connectivity index (χ4n) is 3.43. The maximum absolute atomic E-state index is 12.6. The average molecular weight is 612 g/mol. The molecule has 3 amide bonds. The van der Waals surface area contributed by atoms with Crippen molar-refractivity contribution in [2.75, 3.05) is 11.9 Å². The number of amides is 3. The largest absolute Gasteiger partial charge is 0.483 e. The molecule has 0 heterocycles. The van der Waals surface area contributed by atoms with Gasteiger partial charge < -0.3 is 10.1 Å². The number of carbonyl (C=O) groups excluding carboxylic acids is 3. The summed E-state index contributed by atoms with van der Waals surface area (Å²) in [5.41, 5.74) is 8.60. The van der Waals surface area contributed by atoms with E-state index in [4.69, 9.17) is 17.0 Å². The van der Waals surface area contributed by atoms with E-state index in [1.807, 2.05) is 31.2 Å². The maximum Gasteiger partial charge on any atom is 0.269 e. The molecule has 3 aromatic rings. The molecule has 0 radical (unpaired) electrons. The zero-order chi connectivity index (χ0) is 28.6. The topological polar surface area (TPSA) is 109 Å². The molecule has 8 nitrogen and oxygen atoms in total. The first-order valence-corrected chi connectivity index (χ1v) is 13.5. The van der Waals surface area contributed by atoms with Gasteiger partial charge in [0, 0.05) is 16.8 Å². The van der Waals surface area contributed by atoms with Gasteiger partial charge in [-0.2, -0.15) is 0 Å². The molecule has 0 atom stereocenters. The van der Waals surface area contributed by atoms with E-state index in [1.165, 1.54) is 0 Å². The van der Waals surface area contributed by atoms with Crippen LogP contribution in [0.25, 0.3) is 0 Å². The van der Waals surface area contributed by atoms with Crippen LogP contribution < -0.4 is 26.2 Å². The van der Waals surface area contributed by atoms with E-state index in [0.717, 1.165) is 22.0 Å². The monoisotopic (exact) mass is 610 g/mol. The molecule has 0 saturated carbocycles. The minimum absolute atomic E-state index is 0.00298. The number of carbonyl (C=O) groups is 3. The van der Waals surface area contributed by atoms with Crippen LogP contribution in [0.3, 0.4) is 0 Å². The third kappa shape index (κ3) is 8.90. The van der Waals surface area contributed by atoms with Gasteiger partial charge in [0.25, 0.3) is 17.7 Å². The van der Waals surface area contributed by atoms with Crippen LogP contribution in [-0.4, -0.2) is 29.4 Å². The van der Waals surface area contributed by atoms with Crippen LogP contribution in [0, 0.1) is 0 Å². The van der Waals surface area contributed by atoms with Crippen molar-refractivity contribution in [1.82, 2.24) is 16.2 Å². The van der Waals surface area contributed by atoms with Crippen LogP contribution in [0.5, 0.6) is 5.75 Å². The number of ether oxygens (including phenoxy) is 1. The molecule has 4 N–H and O–H groups in total. The van der Waals surface area contributed by atoms with E-state index in [9.17, 15) is 14.4 Å². The zero-order valence-electron chi connectivity index (χ0n) is 22.2. The van der Waals surface area contributed by atoms with Gasteiger partial charge in [0.15, 0.2) is 11.7 Å². The van der Waals surface area contributed by atoms with Crippen molar-refractivity contribution in [3.8, 4) is 5.75 Å². The van der Waals surface area contributed by atoms with E-state index in [-0.39, 0.29) is 23.0 Å². The Kier molecular flexibility index (Phi) is 10.2. The predicted molar refractivity (Wildman–Crippen MR) is 160 cm³/mol. The van der Waals surface area contributed by atoms with Crippen LogP contribution >= 0.6 is 28.1 Å². The van der Waals surface area contributed by atoms with Crippen molar-refractivity contribution >= 4 is 56.7 Å². The van der Waals surface area contributed by atoms with Crippen LogP contribution in [-0.2, 0) is 16.6 Å². The van der Waals surface area contributed by atoms with Crippen LogP contribution in [0.1, 0.15) is 59.5 Å². The molecule has 0 aliphatic rings. The molecule has 0 spiro atoms. The molecule has 204 valence electrons. The molecule has 10 heteroatoms. The average Bonchev–Trinajstić information content (AvgIpc) is 2.91. The second-order valence-electron chi connectivity index (χ2n) is 9.72. The van der Waals surface area contributed by atoms with E-state index in [2.05, 4.69) is 58.2 Å². The standard InChI is InChI=1S/C29H31BrN4O4S/c1-5-18-6-15-24(23(30)16-18)38-17-25(35)32-28(39)34-33-27(37)20-9-13-22(14-10-20)31-26(36)19-7-11-21(12-8-19)29(2,3)4/h6-16H,5,17H2,1-4H3,(H,31,36)(H,33,37)(H2,32,34,35,39). The SMILES string of the molecule is CCc1ccc(OCC(=O)NC(=S)NNC(=O)c2ccc(NC(=O)c3ccc(C(C)(C)C)cc3)cc2)c(Br)c1. The fourth-order valence-corrected chi connectivity index (χ4v) is 4.14. The first-order chi connectivity index (χ1) is 18.5. The molecule has 0 unspecified atom stereocenters. The molecule has 0 aliphatic carbocycles. The van der Waals surface area contributed by atoms with Crippen molar-refractivity contribution in [3.05, 3.63) is 93.5 Å². The summed E-state index contributed by atoms with van der Waals surface area (Å²) >= 11 is 8.48. The van der Waals surface area contributed by atoms with Gasteiger partial charge in [0.1, 0.15) is 5.75 Å². The van der Waals surface area contributed by atoms with Crippen molar-refractivity contribution in [2.24, 2.45) is 0 Å². The second kappa shape index (κ2) is 13.3. The van der Waals surface area contributed by atoms with Gasteiger partial charge in [-0.25, -0.2) is 0 Å². The van der Waals surface area contributed by atoms with Crippen molar-refractivity contribution in [1.29, 1.82) is 0 Å². The van der Waals surface area contributed by atoms with Gasteiger partial charge in [-0.1, -0.05) is 45.9 Å². The van der Waals surface area contributed by atoms with Crippen LogP contribution in [0.4, 0.5) is 5.69 Å². The Morgan fingerprint density at radius 3 is 2.08 bits per heavy atom. The highest BCUT2D eigenvalue weighted by Crippen LogP contribution is 2.26. The summed E-state index contributed by atoms with van der Waals surface area (Å²) in [6, 6.07) is 19.5. The lowest BCUT2D eigenvalue weighted by Gasteiger charge is -2.19. The lowest BCUT2D eigenvalue weighted by molar-refractivity contribution is -0.121. The van der Waals surface area contributed by atoms with Gasteiger partial charge in [-0.15, -0.1) is 0 Å². The number of halogens is 1. The van der Waals surface area contributed by atoms with Gasteiger partial charge in [0.05, 0.1) is 4.47 Å². The molecular formula is C29H31BrN4O4S. The minimum atomic E-state index is -0.485. The Hall–Kier alpha value is -3.76. The normalized spacial score (nSPS) is 10.8. The number of rotatable bonds is 7. The molecule has 0 aromatic heterocycles. The molecule has 0 aliphatic heterocycles. The quantitative estimate of drug-likeness (QED) is 0.214. The number of anilines is 1. The molecular weight excluding hydrogens is 580 g/mol. The highest BCUT2D eigenvalue weighted by Gasteiger charge is 2.15. The lowest BCUT2D eigenvalue weighted by Crippen LogP contribution is -2.49. The van der Waals surface area contributed by atoms with E-state index in [0.29, 0.717) is 22.6 Å². The highest BCUT2D eigenvalue weighted by molar-refractivity contribution is 9.10. The number of thiocarbonyl (C=S) groups is 1. The molecule has 3 aromatic carbocycles. The van der Waals surface area contributed by atoms with Crippen molar-refractivity contribution in [3.63, 3.8) is 0 Å². The molecule has 0 bridgehead atoms. The summed E-state index contributed by atoms with van der Waals surface area (Å²) in [5.74, 6) is -0.669. The smallest absolute Gasteiger partial charge is 0.269 e. The number of hydrogen-bond donors (Lipinski definition) is 4. The summed E-state index contributed by atoms with van der Waals surface area (Å²) in [6.07, 6.45) is 0.888. The number of hydrazine groups is 1. The molecule has 0 saturated heterocycles. The van der Waals surface area contributed by atoms with Crippen molar-refractivity contribution in [2.45, 2.75) is 39.5 Å². The van der Waals surface area contributed by atoms with E-state index < -0.39 is 11.8 Å². The summed E-state index contributed by atoms with van der Waals surface area (Å²) in [4.78, 5) is 37.1. The van der Waals surface area contributed by atoms with Gasteiger partial charge in [-0.05, 0) is 99.6 Å². The first kappa shape index (κ1) is 29.8. The molecule has 39 heavy (non-hydrogen) atoms. The van der Waals surface area contributed by atoms with Gasteiger partial charge in [-0.3, -0.25) is 30.6 Å². The Balaban J connectivity index is 1.43. The fraction of sp³-hybridized carbons (Fsp3) is 0.241. The van der Waals surface area contributed by atoms with E-state index in [1.54, 1.807) is 42.5 Å². The summed E-state index contributed by atoms with van der Waals surface area (Å²) in [7, 11) is 0. The molecule has 3 rings (SSSR count). The Morgan fingerprint density at radius 2 is 1.49 bits per heavy atom. The van der Waals surface area contributed by atoms with Gasteiger partial charge in [0.2, 0.25) is 0 Å². The third-order valence-corrected chi connectivity index (χ3v) is 6.55. The predicted octanol–water partition coefficient (Wildman–Crippen LogP) is 5.28. The molecule has 0 fully saturated rings. The Bertz CT molecular complexity index is 1350. The summed E-state index contributed by atoms with van der Waals surface area (Å²) < 4.78 is 6.27.